The van der Waals surface area contributed by atoms with Crippen LogP contribution >= 0.6 is 0 Å². The van der Waals surface area contributed by atoms with Crippen molar-refractivity contribution < 1.29 is 44.5 Å². The predicted molar refractivity (Wildman–Crippen MR) is 96.6 cm³/mol. The van der Waals surface area contributed by atoms with Gasteiger partial charge in [-0.3, -0.25) is 0 Å². The summed E-state index contributed by atoms with van der Waals surface area (Å²) in [6.45, 7) is 0.169. The Labute approximate surface area is 163 Å². The Morgan fingerprint density at radius 3 is 1.96 bits per heavy atom. The van der Waals surface area contributed by atoms with Crippen LogP contribution in [0, 0.1) is 0 Å². The van der Waals surface area contributed by atoms with Crippen LogP contribution in [0.2, 0.25) is 0 Å². The lowest BCUT2D eigenvalue weighted by Gasteiger charge is -2.30. The maximum atomic E-state index is 11.6. The molecule has 0 saturated carbocycles. The number of carbonyl (C=O) groups is 1. The molecule has 9 nitrogen and oxygen atoms in total. The van der Waals surface area contributed by atoms with E-state index >= 15 is 0 Å². The molecule has 5 N–H and O–H groups in total. The quantitative estimate of drug-likeness (QED) is 0.395. The number of esters is 1. The van der Waals surface area contributed by atoms with Crippen molar-refractivity contribution in [3.63, 3.8) is 0 Å². The Kier molecular flexibility index (Phi) is 9.26. The van der Waals surface area contributed by atoms with Gasteiger partial charge in [0.2, 0.25) is 0 Å². The molecular formula is C19H28O9. The zero-order valence-electron chi connectivity index (χ0n) is 15.5. The third-order valence-corrected chi connectivity index (χ3v) is 4.46. The normalized spacial score (nSPS) is 32.8. The highest BCUT2D eigenvalue weighted by molar-refractivity contribution is 5.89. The number of benzene rings is 1. The molecule has 2 aliphatic rings. The lowest BCUT2D eigenvalue weighted by Crippen LogP contribution is -2.43. The molecule has 0 aliphatic carbocycles. The third-order valence-electron chi connectivity index (χ3n) is 4.46. The van der Waals surface area contributed by atoms with Gasteiger partial charge in [-0.1, -0.05) is 18.2 Å². The van der Waals surface area contributed by atoms with E-state index in [0.29, 0.717) is 12.0 Å². The maximum Gasteiger partial charge on any atom is 0.338 e. The fourth-order valence-electron chi connectivity index (χ4n) is 2.84. The Balaban J connectivity index is 0.000000237. The summed E-state index contributed by atoms with van der Waals surface area (Å²) in [5.41, 5.74) is 0.461. The molecule has 2 heterocycles. The van der Waals surface area contributed by atoms with Gasteiger partial charge in [0, 0.05) is 12.8 Å². The van der Waals surface area contributed by atoms with Gasteiger partial charge >= 0.3 is 5.97 Å². The number of ether oxygens (including phenoxy) is 3. The van der Waals surface area contributed by atoms with E-state index in [1.54, 1.807) is 24.3 Å². The molecule has 3 unspecified atom stereocenters. The van der Waals surface area contributed by atoms with E-state index in [0.717, 1.165) is 0 Å². The molecule has 3 rings (SSSR count). The first kappa shape index (κ1) is 22.7. The van der Waals surface area contributed by atoms with Crippen LogP contribution in [0.3, 0.4) is 0 Å². The van der Waals surface area contributed by atoms with E-state index in [1.807, 2.05) is 6.07 Å². The average Bonchev–Trinajstić information content (AvgIpc) is 2.68. The topological polar surface area (TPSA) is 146 Å². The summed E-state index contributed by atoms with van der Waals surface area (Å²) in [6, 6.07) is 8.62. The minimum absolute atomic E-state index is 0.0123. The average molecular weight is 400 g/mol. The first-order chi connectivity index (χ1) is 13.4. The van der Waals surface area contributed by atoms with E-state index in [9.17, 15) is 15.0 Å². The van der Waals surface area contributed by atoms with Gasteiger partial charge in [-0.15, -0.1) is 0 Å². The maximum absolute atomic E-state index is 11.6. The SMILES string of the molecule is O=C(OC[C@H]1OCC(O)CC1O)c1ccccc1.OC[C@H]1OC[C@@H](O)CC1O. The summed E-state index contributed by atoms with van der Waals surface area (Å²) < 4.78 is 15.2. The number of hydrogen-bond acceptors (Lipinski definition) is 9. The van der Waals surface area contributed by atoms with E-state index < -0.39 is 42.6 Å². The summed E-state index contributed by atoms with van der Waals surface area (Å²) in [7, 11) is 0. The lowest BCUT2D eigenvalue weighted by atomic mass is 10.0. The number of aliphatic hydroxyl groups excluding tert-OH is 5. The number of rotatable bonds is 4. The zero-order chi connectivity index (χ0) is 20.5. The van der Waals surface area contributed by atoms with Crippen molar-refractivity contribution in [1.82, 2.24) is 0 Å². The van der Waals surface area contributed by atoms with Crippen LogP contribution in [0.1, 0.15) is 23.2 Å². The molecular weight excluding hydrogens is 372 g/mol. The van der Waals surface area contributed by atoms with Crippen molar-refractivity contribution in [1.29, 1.82) is 0 Å². The van der Waals surface area contributed by atoms with Crippen LogP contribution in [-0.4, -0.2) is 94.6 Å². The molecule has 1 aromatic carbocycles. The molecule has 1 aromatic rings. The molecule has 6 atom stereocenters. The van der Waals surface area contributed by atoms with Crippen molar-refractivity contribution in [2.45, 2.75) is 49.5 Å². The molecule has 2 fully saturated rings. The lowest BCUT2D eigenvalue weighted by molar-refractivity contribution is -0.137. The van der Waals surface area contributed by atoms with Crippen LogP contribution in [0.5, 0.6) is 0 Å². The zero-order valence-corrected chi connectivity index (χ0v) is 15.5. The van der Waals surface area contributed by atoms with Crippen molar-refractivity contribution in [3.05, 3.63) is 35.9 Å². The molecule has 9 heteroatoms. The largest absolute Gasteiger partial charge is 0.459 e. The molecule has 2 aliphatic heterocycles. The Morgan fingerprint density at radius 2 is 1.46 bits per heavy atom. The van der Waals surface area contributed by atoms with Gasteiger partial charge < -0.3 is 39.7 Å². The van der Waals surface area contributed by atoms with Crippen LogP contribution in [0.4, 0.5) is 0 Å². The van der Waals surface area contributed by atoms with E-state index in [1.165, 1.54) is 0 Å². The number of aliphatic hydroxyl groups is 5. The first-order valence-corrected chi connectivity index (χ1v) is 9.19. The Bertz CT molecular complexity index is 582. The predicted octanol–water partition coefficient (Wildman–Crippen LogP) is -1.16. The summed E-state index contributed by atoms with van der Waals surface area (Å²) in [6.07, 6.45) is -3.31. The number of carbonyl (C=O) groups excluding carboxylic acids is 1. The van der Waals surface area contributed by atoms with Crippen molar-refractivity contribution in [3.8, 4) is 0 Å². The standard InChI is InChI=1S/C13H16O5.C6H12O4/c14-10-6-11(15)12(17-7-10)8-18-13(16)9-4-2-1-3-5-9;7-2-6-5(9)1-4(8)3-10-6/h1-5,10-12,14-15H,6-8H2;4-9H,1-3H2/t10?,11?,12-;4-,5?,6+/m10/s1. The first-order valence-electron chi connectivity index (χ1n) is 9.19. The van der Waals surface area contributed by atoms with E-state index in [4.69, 9.17) is 29.5 Å². The fraction of sp³-hybridized carbons (Fsp3) is 0.632. The van der Waals surface area contributed by atoms with Gasteiger partial charge in [0.25, 0.3) is 0 Å². The van der Waals surface area contributed by atoms with Gasteiger partial charge in [-0.2, -0.15) is 0 Å². The molecule has 0 amide bonds. The summed E-state index contributed by atoms with van der Waals surface area (Å²) in [5.74, 6) is -0.447. The molecule has 158 valence electrons. The van der Waals surface area contributed by atoms with Crippen LogP contribution in [0.15, 0.2) is 30.3 Å². The molecule has 0 aromatic heterocycles. The molecule has 0 spiro atoms. The second kappa shape index (κ2) is 11.4. The smallest absolute Gasteiger partial charge is 0.338 e. The second-order valence-corrected chi connectivity index (χ2v) is 6.80. The molecule has 2 saturated heterocycles. The minimum Gasteiger partial charge on any atom is -0.459 e. The Morgan fingerprint density at radius 1 is 0.929 bits per heavy atom. The van der Waals surface area contributed by atoms with Gasteiger partial charge in [0.1, 0.15) is 18.8 Å². The van der Waals surface area contributed by atoms with Crippen LogP contribution in [0.25, 0.3) is 0 Å². The van der Waals surface area contributed by atoms with Gasteiger partial charge in [0.15, 0.2) is 0 Å². The summed E-state index contributed by atoms with van der Waals surface area (Å²) in [5, 5.41) is 45.5. The summed E-state index contributed by atoms with van der Waals surface area (Å²) in [4.78, 5) is 11.6. The van der Waals surface area contributed by atoms with Gasteiger partial charge in [-0.05, 0) is 12.1 Å². The highest BCUT2D eigenvalue weighted by Crippen LogP contribution is 2.15. The number of hydrogen-bond donors (Lipinski definition) is 5. The van der Waals surface area contributed by atoms with Crippen LogP contribution in [-0.2, 0) is 14.2 Å². The molecule has 0 bridgehead atoms. The third kappa shape index (κ3) is 7.10. The fourth-order valence-corrected chi connectivity index (χ4v) is 2.84. The monoisotopic (exact) mass is 400 g/mol. The van der Waals surface area contributed by atoms with Gasteiger partial charge in [-0.25, -0.2) is 4.79 Å². The molecule has 28 heavy (non-hydrogen) atoms. The van der Waals surface area contributed by atoms with Gasteiger partial charge in [0.05, 0.1) is 49.8 Å². The minimum atomic E-state index is -0.808. The van der Waals surface area contributed by atoms with Crippen molar-refractivity contribution >= 4 is 5.97 Å². The van der Waals surface area contributed by atoms with Crippen LogP contribution < -0.4 is 0 Å². The van der Waals surface area contributed by atoms with E-state index in [2.05, 4.69) is 0 Å². The van der Waals surface area contributed by atoms with E-state index in [-0.39, 0.29) is 32.8 Å². The highest BCUT2D eigenvalue weighted by atomic mass is 16.6. The summed E-state index contributed by atoms with van der Waals surface area (Å²) >= 11 is 0. The Hall–Kier alpha value is -1.59. The van der Waals surface area contributed by atoms with Crippen molar-refractivity contribution in [2.24, 2.45) is 0 Å². The highest BCUT2D eigenvalue weighted by Gasteiger charge is 2.30. The van der Waals surface area contributed by atoms with Crippen molar-refractivity contribution in [2.75, 3.05) is 26.4 Å². The molecule has 0 radical (unpaired) electrons. The second-order valence-electron chi connectivity index (χ2n) is 6.80.